The molecule has 0 bridgehead atoms. The van der Waals surface area contributed by atoms with Gasteiger partial charge < -0.3 is 15.4 Å². The Morgan fingerprint density at radius 2 is 1.82 bits per heavy atom. The van der Waals surface area contributed by atoms with E-state index in [9.17, 15) is 4.79 Å². The van der Waals surface area contributed by atoms with Crippen LogP contribution in [-0.2, 0) is 4.74 Å². The topological polar surface area (TPSA) is 99.2 Å². The van der Waals surface area contributed by atoms with Crippen molar-refractivity contribution >= 4 is 22.9 Å². The highest BCUT2D eigenvalue weighted by atomic mass is 16.6. The zero-order valence-electron chi connectivity index (χ0n) is 19.2. The Morgan fingerprint density at radius 3 is 2.32 bits per heavy atom. The van der Waals surface area contributed by atoms with Crippen LogP contribution in [0.4, 0.5) is 10.6 Å². The third kappa shape index (κ3) is 6.65. The van der Waals surface area contributed by atoms with Gasteiger partial charge in [0.25, 0.3) is 0 Å². The van der Waals surface area contributed by atoms with Gasteiger partial charge in [0.2, 0.25) is 0 Å². The number of hydrogen-bond donors (Lipinski definition) is 1. The molecule has 160 valence electrons. The quantitative estimate of drug-likeness (QED) is 0.814. The minimum atomic E-state index is -0.524. The van der Waals surface area contributed by atoms with Gasteiger partial charge in [-0.3, -0.25) is 0 Å². The van der Waals surface area contributed by atoms with E-state index < -0.39 is 5.60 Å². The summed E-state index contributed by atoms with van der Waals surface area (Å²) in [4.78, 5) is 22.1. The van der Waals surface area contributed by atoms with Gasteiger partial charge in [-0.2, -0.15) is 5.10 Å². The predicted molar refractivity (Wildman–Crippen MR) is 115 cm³/mol. The number of anilines is 1. The van der Waals surface area contributed by atoms with Crippen molar-refractivity contribution in [2.75, 3.05) is 19.3 Å². The summed E-state index contributed by atoms with van der Waals surface area (Å²) in [5.41, 5.74) is 6.88. The number of carbonyl (C=O) groups is 1. The summed E-state index contributed by atoms with van der Waals surface area (Å²) in [7, 11) is 1.72. The van der Waals surface area contributed by atoms with Gasteiger partial charge in [-0.1, -0.05) is 34.6 Å². The second-order valence-electron chi connectivity index (χ2n) is 6.91. The van der Waals surface area contributed by atoms with Crippen molar-refractivity contribution in [1.82, 2.24) is 24.6 Å². The maximum Gasteiger partial charge on any atom is 0.410 e. The van der Waals surface area contributed by atoms with E-state index in [-0.39, 0.29) is 12.1 Å². The van der Waals surface area contributed by atoms with Gasteiger partial charge in [-0.25, -0.2) is 19.4 Å². The van der Waals surface area contributed by atoms with E-state index in [1.807, 2.05) is 67.0 Å². The summed E-state index contributed by atoms with van der Waals surface area (Å²) in [6, 6.07) is -0.0342. The molecule has 2 heterocycles. The van der Waals surface area contributed by atoms with Crippen molar-refractivity contribution in [2.24, 2.45) is 0 Å². The van der Waals surface area contributed by atoms with Crippen molar-refractivity contribution in [3.05, 3.63) is 12.0 Å². The maximum absolute atomic E-state index is 12.2. The average Bonchev–Trinajstić information content (AvgIpc) is 2.99. The Labute approximate surface area is 169 Å². The number of aryl methyl sites for hydroxylation is 1. The molecule has 0 fully saturated rings. The lowest BCUT2D eigenvalue weighted by atomic mass is 10.2. The smallest absolute Gasteiger partial charge is 0.410 e. The zero-order valence-corrected chi connectivity index (χ0v) is 19.2. The van der Waals surface area contributed by atoms with Crippen LogP contribution < -0.4 is 5.73 Å². The molecule has 8 nitrogen and oxygen atoms in total. The summed E-state index contributed by atoms with van der Waals surface area (Å²) < 4.78 is 7.23. The molecule has 0 saturated heterocycles. The SMILES string of the molecule is CC.CC.CCC(CN(C)C(=O)OC(C)(C)C)n1nc(C)c2c(N)ncnc21. The fourth-order valence-electron chi connectivity index (χ4n) is 2.53. The van der Waals surface area contributed by atoms with E-state index in [0.717, 1.165) is 17.5 Å². The number of ether oxygens (including phenoxy) is 1. The number of hydrogen-bond acceptors (Lipinski definition) is 6. The van der Waals surface area contributed by atoms with Crippen LogP contribution in [0.25, 0.3) is 11.0 Å². The highest BCUT2D eigenvalue weighted by Crippen LogP contribution is 2.25. The van der Waals surface area contributed by atoms with Crippen molar-refractivity contribution in [1.29, 1.82) is 0 Å². The van der Waals surface area contributed by atoms with E-state index in [2.05, 4.69) is 15.1 Å². The summed E-state index contributed by atoms with van der Waals surface area (Å²) in [5.74, 6) is 0.416. The molecule has 2 N–H and O–H groups in total. The van der Waals surface area contributed by atoms with Crippen LogP contribution in [0.15, 0.2) is 6.33 Å². The first-order valence-electron chi connectivity index (χ1n) is 10.0. The minimum Gasteiger partial charge on any atom is -0.444 e. The lowest BCUT2D eigenvalue weighted by Crippen LogP contribution is -2.37. The molecule has 2 aromatic rings. The first-order valence-corrected chi connectivity index (χ1v) is 10.0. The van der Waals surface area contributed by atoms with Gasteiger partial charge in [0.15, 0.2) is 5.65 Å². The molecule has 8 heteroatoms. The first-order chi connectivity index (χ1) is 13.1. The molecule has 28 heavy (non-hydrogen) atoms. The van der Waals surface area contributed by atoms with Gasteiger partial charge in [0, 0.05) is 13.6 Å². The summed E-state index contributed by atoms with van der Waals surface area (Å²) in [6.07, 6.45) is 1.86. The Kier molecular flexibility index (Phi) is 10.5. The van der Waals surface area contributed by atoms with Crippen molar-refractivity contribution in [2.45, 2.75) is 80.4 Å². The second kappa shape index (κ2) is 11.5. The Hall–Kier alpha value is -2.38. The summed E-state index contributed by atoms with van der Waals surface area (Å²) in [5, 5.41) is 5.32. The number of nitrogens with zero attached hydrogens (tertiary/aromatic N) is 5. The molecule has 1 amide bonds. The summed E-state index contributed by atoms with van der Waals surface area (Å²) in [6.45, 7) is 17.9. The number of nitrogens with two attached hydrogens (primary N) is 1. The van der Waals surface area contributed by atoms with Crippen LogP contribution in [0.1, 0.15) is 73.5 Å². The fraction of sp³-hybridized carbons (Fsp3) is 0.700. The van der Waals surface area contributed by atoms with Crippen LogP contribution in [-0.4, -0.2) is 49.9 Å². The molecule has 0 radical (unpaired) electrons. The third-order valence-corrected chi connectivity index (χ3v) is 3.70. The minimum absolute atomic E-state index is 0.0342. The molecular weight excluding hydrogens is 356 g/mol. The predicted octanol–water partition coefficient (Wildman–Crippen LogP) is 4.59. The fourth-order valence-corrected chi connectivity index (χ4v) is 2.53. The van der Waals surface area contributed by atoms with Crippen LogP contribution in [0.5, 0.6) is 0 Å². The Morgan fingerprint density at radius 1 is 1.25 bits per heavy atom. The third-order valence-electron chi connectivity index (χ3n) is 3.70. The van der Waals surface area contributed by atoms with Gasteiger partial charge in [0.05, 0.1) is 17.1 Å². The van der Waals surface area contributed by atoms with Crippen molar-refractivity contribution in [3.63, 3.8) is 0 Å². The number of amides is 1. The average molecular weight is 395 g/mol. The monoisotopic (exact) mass is 394 g/mol. The largest absolute Gasteiger partial charge is 0.444 e. The molecule has 2 rings (SSSR count). The van der Waals surface area contributed by atoms with Crippen LogP contribution >= 0.6 is 0 Å². The maximum atomic E-state index is 12.2. The van der Waals surface area contributed by atoms with Gasteiger partial charge in [-0.15, -0.1) is 0 Å². The molecule has 0 aliphatic rings. The molecule has 0 aromatic carbocycles. The van der Waals surface area contributed by atoms with Gasteiger partial charge >= 0.3 is 6.09 Å². The molecule has 0 aliphatic carbocycles. The molecule has 1 atom stereocenters. The van der Waals surface area contributed by atoms with Crippen LogP contribution in [0.2, 0.25) is 0 Å². The first kappa shape index (κ1) is 25.6. The van der Waals surface area contributed by atoms with Crippen LogP contribution in [0, 0.1) is 6.92 Å². The van der Waals surface area contributed by atoms with E-state index >= 15 is 0 Å². The van der Waals surface area contributed by atoms with E-state index in [4.69, 9.17) is 10.5 Å². The zero-order chi connectivity index (χ0) is 22.1. The molecule has 2 aromatic heterocycles. The van der Waals surface area contributed by atoms with E-state index in [0.29, 0.717) is 18.0 Å². The lowest BCUT2D eigenvalue weighted by Gasteiger charge is -2.27. The van der Waals surface area contributed by atoms with Crippen molar-refractivity contribution in [3.8, 4) is 0 Å². The van der Waals surface area contributed by atoms with E-state index in [1.165, 1.54) is 6.33 Å². The molecule has 0 aliphatic heterocycles. The van der Waals surface area contributed by atoms with Gasteiger partial charge in [0.1, 0.15) is 17.7 Å². The molecule has 1 unspecified atom stereocenters. The number of fused-ring (bicyclic) bond motifs is 1. The highest BCUT2D eigenvalue weighted by molar-refractivity contribution is 5.87. The number of rotatable bonds is 4. The molecular formula is C20H38N6O2. The highest BCUT2D eigenvalue weighted by Gasteiger charge is 2.24. The Balaban J connectivity index is 0.00000171. The van der Waals surface area contributed by atoms with E-state index in [1.54, 1.807) is 11.9 Å². The molecule has 0 spiro atoms. The van der Waals surface area contributed by atoms with Crippen LogP contribution in [0.3, 0.4) is 0 Å². The normalized spacial score (nSPS) is 11.6. The number of carbonyl (C=O) groups excluding carboxylic acids is 1. The lowest BCUT2D eigenvalue weighted by molar-refractivity contribution is 0.0273. The molecule has 0 saturated carbocycles. The standard InChI is InChI=1S/C16H26N6O2.2C2H6/c1-7-11(8-21(6)15(23)24-16(3,4)5)22-14-12(10(2)20-22)13(17)18-9-19-14;2*1-2/h9,11H,7-8H2,1-6H3,(H2,17,18,19);2*1-2H3. The Bertz CT molecular complexity index is 736. The number of likely N-dealkylation sites (N-methyl/N-ethyl adjacent to an activating group) is 1. The summed E-state index contributed by atoms with van der Waals surface area (Å²) >= 11 is 0. The second-order valence-corrected chi connectivity index (χ2v) is 6.91. The van der Waals surface area contributed by atoms with Crippen molar-refractivity contribution < 1.29 is 9.53 Å². The van der Waals surface area contributed by atoms with Gasteiger partial charge in [-0.05, 0) is 34.1 Å². The number of nitrogen functional groups attached to an aromatic ring is 1. The number of aromatic nitrogens is 4.